The number of hydrogen-bond donors (Lipinski definition) is 1. The lowest BCUT2D eigenvalue weighted by atomic mass is 10.1. The summed E-state index contributed by atoms with van der Waals surface area (Å²) in [6.07, 6.45) is 0. The van der Waals surface area contributed by atoms with Crippen molar-refractivity contribution in [2.45, 2.75) is 25.0 Å². The molecule has 0 spiro atoms. The molecule has 29 heavy (non-hydrogen) atoms. The number of carbonyl (C=O) groups excluding carboxylic acids is 1. The molecule has 4 aromatic rings. The van der Waals surface area contributed by atoms with E-state index in [1.165, 1.54) is 17.3 Å². The van der Waals surface area contributed by atoms with Gasteiger partial charge in [-0.2, -0.15) is 0 Å². The van der Waals surface area contributed by atoms with Crippen molar-refractivity contribution in [3.63, 3.8) is 0 Å². The van der Waals surface area contributed by atoms with Crippen LogP contribution in [0.3, 0.4) is 0 Å². The molecule has 148 valence electrons. The number of rotatable bonds is 6. The second kappa shape index (κ2) is 8.34. The third-order valence-corrected chi connectivity index (χ3v) is 6.80. The number of thioether (sulfide) groups is 1. The highest BCUT2D eigenvalue weighted by atomic mass is 32.2. The fourth-order valence-corrected chi connectivity index (χ4v) is 4.62. The van der Waals surface area contributed by atoms with E-state index in [0.717, 1.165) is 20.8 Å². The summed E-state index contributed by atoms with van der Waals surface area (Å²) in [4.78, 5) is 23.6. The predicted molar refractivity (Wildman–Crippen MR) is 118 cm³/mol. The Labute approximate surface area is 177 Å². The van der Waals surface area contributed by atoms with E-state index in [2.05, 4.69) is 26.2 Å². The zero-order valence-corrected chi connectivity index (χ0v) is 18.0. The van der Waals surface area contributed by atoms with Crippen LogP contribution in [0.1, 0.15) is 23.5 Å². The van der Waals surface area contributed by atoms with Crippen LogP contribution >= 0.6 is 23.1 Å². The highest BCUT2D eigenvalue weighted by Gasteiger charge is 2.21. The molecule has 4 rings (SSSR count). The Bertz CT molecular complexity index is 1100. The second-order valence-corrected chi connectivity index (χ2v) is 8.83. The fraction of sp³-hybridized carbons (Fsp3) is 0.238. The first-order chi connectivity index (χ1) is 14.0. The van der Waals surface area contributed by atoms with E-state index in [9.17, 15) is 4.79 Å². The van der Waals surface area contributed by atoms with Crippen LogP contribution in [0.4, 0.5) is 0 Å². The molecule has 8 heteroatoms. The average molecular weight is 424 g/mol. The Balaban J connectivity index is 1.38. The maximum Gasteiger partial charge on any atom is 0.233 e. The topological polar surface area (TPSA) is 74.8 Å². The summed E-state index contributed by atoms with van der Waals surface area (Å²) in [6, 6.07) is 16.0. The normalized spacial score (nSPS) is 12.2. The molecule has 0 saturated carbocycles. The van der Waals surface area contributed by atoms with E-state index in [4.69, 9.17) is 0 Å². The van der Waals surface area contributed by atoms with Gasteiger partial charge in [-0.15, -0.1) is 16.4 Å². The van der Waals surface area contributed by atoms with E-state index in [0.29, 0.717) is 11.0 Å². The van der Waals surface area contributed by atoms with Crippen molar-refractivity contribution in [3.8, 4) is 11.4 Å². The van der Waals surface area contributed by atoms with Gasteiger partial charge >= 0.3 is 0 Å². The quantitative estimate of drug-likeness (QED) is 0.455. The summed E-state index contributed by atoms with van der Waals surface area (Å²) in [5.41, 5.74) is 3.14. The van der Waals surface area contributed by atoms with E-state index in [1.54, 1.807) is 16.2 Å². The molecule has 0 aliphatic carbocycles. The SMILES string of the molecule is Cc1ccc(-c2nc(SCC(=O)N(C)[C@H](C)c3nc4ccccc4s3)n[nH]2)cc1. The molecule has 0 aliphatic heterocycles. The van der Waals surface area contributed by atoms with Crippen LogP contribution in [0.15, 0.2) is 53.7 Å². The Morgan fingerprint density at radius 2 is 1.93 bits per heavy atom. The van der Waals surface area contributed by atoms with Crippen LogP contribution in [0.5, 0.6) is 0 Å². The number of nitrogens with one attached hydrogen (secondary N) is 1. The predicted octanol–water partition coefficient (Wildman–Crippen LogP) is 4.70. The summed E-state index contributed by atoms with van der Waals surface area (Å²) in [5, 5.41) is 8.67. The number of benzene rings is 2. The van der Waals surface area contributed by atoms with Gasteiger partial charge in [-0.1, -0.05) is 53.7 Å². The first kappa shape index (κ1) is 19.6. The molecule has 0 fully saturated rings. The molecule has 0 bridgehead atoms. The number of aryl methyl sites for hydroxylation is 1. The van der Waals surface area contributed by atoms with Crippen molar-refractivity contribution in [2.75, 3.05) is 12.8 Å². The summed E-state index contributed by atoms with van der Waals surface area (Å²) in [7, 11) is 1.81. The van der Waals surface area contributed by atoms with Crippen LogP contribution in [-0.2, 0) is 4.79 Å². The number of amides is 1. The number of carbonyl (C=O) groups is 1. The number of nitrogens with zero attached hydrogens (tertiary/aromatic N) is 4. The largest absolute Gasteiger partial charge is 0.336 e. The molecule has 0 aliphatic rings. The fourth-order valence-electron chi connectivity index (χ4n) is 2.83. The second-order valence-electron chi connectivity index (χ2n) is 6.82. The minimum absolute atomic E-state index is 0.0171. The minimum atomic E-state index is -0.0873. The van der Waals surface area contributed by atoms with Crippen LogP contribution < -0.4 is 0 Å². The lowest BCUT2D eigenvalue weighted by molar-refractivity contribution is -0.128. The van der Waals surface area contributed by atoms with E-state index in [1.807, 2.05) is 63.4 Å². The molecule has 0 radical (unpaired) electrons. The number of fused-ring (bicyclic) bond motifs is 1. The van der Waals surface area contributed by atoms with Crippen LogP contribution in [-0.4, -0.2) is 43.8 Å². The van der Waals surface area contributed by atoms with Crippen LogP contribution in [0, 0.1) is 6.92 Å². The van der Waals surface area contributed by atoms with Gasteiger partial charge in [-0.3, -0.25) is 9.89 Å². The number of H-pyrrole nitrogens is 1. The van der Waals surface area contributed by atoms with E-state index >= 15 is 0 Å². The minimum Gasteiger partial charge on any atom is -0.336 e. The zero-order chi connectivity index (χ0) is 20.4. The average Bonchev–Trinajstić information content (AvgIpc) is 3.38. The lowest BCUT2D eigenvalue weighted by Crippen LogP contribution is -2.31. The molecule has 2 aromatic carbocycles. The van der Waals surface area contributed by atoms with Gasteiger partial charge < -0.3 is 4.90 Å². The number of para-hydroxylation sites is 1. The monoisotopic (exact) mass is 423 g/mol. The van der Waals surface area contributed by atoms with Crippen molar-refractivity contribution < 1.29 is 4.79 Å². The summed E-state index contributed by atoms with van der Waals surface area (Å²) >= 11 is 2.96. The zero-order valence-electron chi connectivity index (χ0n) is 16.4. The van der Waals surface area contributed by atoms with Crippen LogP contribution in [0.25, 0.3) is 21.6 Å². The standard InChI is InChI=1S/C21H21N5OS2/c1-13-8-10-15(11-9-13)19-23-21(25-24-19)28-12-18(27)26(3)14(2)20-22-16-6-4-5-7-17(16)29-20/h4-11,14H,12H2,1-3H3,(H,23,24,25)/t14-/m1/s1. The smallest absolute Gasteiger partial charge is 0.233 e. The Morgan fingerprint density at radius 3 is 2.69 bits per heavy atom. The Morgan fingerprint density at radius 1 is 1.17 bits per heavy atom. The molecular weight excluding hydrogens is 402 g/mol. The maximum atomic E-state index is 12.7. The number of aromatic amines is 1. The highest BCUT2D eigenvalue weighted by molar-refractivity contribution is 7.99. The number of aromatic nitrogens is 4. The molecule has 6 nitrogen and oxygen atoms in total. The number of hydrogen-bond acceptors (Lipinski definition) is 6. The van der Waals surface area contributed by atoms with Crippen molar-refractivity contribution in [1.29, 1.82) is 0 Å². The van der Waals surface area contributed by atoms with Gasteiger partial charge in [0, 0.05) is 12.6 Å². The maximum absolute atomic E-state index is 12.7. The van der Waals surface area contributed by atoms with E-state index < -0.39 is 0 Å². The lowest BCUT2D eigenvalue weighted by Gasteiger charge is -2.22. The Kier molecular flexibility index (Phi) is 5.64. The molecule has 2 heterocycles. The van der Waals surface area contributed by atoms with Gasteiger partial charge in [-0.25, -0.2) is 9.97 Å². The van der Waals surface area contributed by atoms with Gasteiger partial charge in [0.25, 0.3) is 0 Å². The van der Waals surface area contributed by atoms with Crippen molar-refractivity contribution in [3.05, 3.63) is 59.1 Å². The first-order valence-corrected chi connectivity index (χ1v) is 11.0. The highest BCUT2D eigenvalue weighted by Crippen LogP contribution is 2.29. The molecule has 1 amide bonds. The molecule has 1 atom stereocenters. The van der Waals surface area contributed by atoms with Crippen LogP contribution in [0.2, 0.25) is 0 Å². The molecule has 0 saturated heterocycles. The summed E-state index contributed by atoms with van der Waals surface area (Å²) in [6.45, 7) is 4.05. The Hall–Kier alpha value is -2.71. The van der Waals surface area contributed by atoms with Crippen molar-refractivity contribution >= 4 is 39.2 Å². The molecule has 2 aromatic heterocycles. The van der Waals surface area contributed by atoms with Crippen molar-refractivity contribution in [1.82, 2.24) is 25.1 Å². The molecule has 0 unspecified atom stereocenters. The van der Waals surface area contributed by atoms with Gasteiger partial charge in [0.1, 0.15) is 5.01 Å². The van der Waals surface area contributed by atoms with Gasteiger partial charge in [0.05, 0.1) is 22.0 Å². The third-order valence-electron chi connectivity index (χ3n) is 4.76. The number of thiazole rings is 1. The van der Waals surface area contributed by atoms with Gasteiger partial charge in [0.15, 0.2) is 5.82 Å². The molecule has 1 N–H and O–H groups in total. The van der Waals surface area contributed by atoms with Gasteiger partial charge in [-0.05, 0) is 26.0 Å². The molecular formula is C21H21N5OS2. The van der Waals surface area contributed by atoms with Gasteiger partial charge in [0.2, 0.25) is 11.1 Å². The summed E-state index contributed by atoms with van der Waals surface area (Å²) < 4.78 is 1.13. The van der Waals surface area contributed by atoms with E-state index in [-0.39, 0.29) is 17.7 Å². The summed E-state index contributed by atoms with van der Waals surface area (Å²) in [5.74, 6) is 0.997. The third kappa shape index (κ3) is 4.33. The first-order valence-electron chi connectivity index (χ1n) is 9.24. The van der Waals surface area contributed by atoms with Crippen molar-refractivity contribution in [2.24, 2.45) is 0 Å².